The number of halogens is 1. The van der Waals surface area contributed by atoms with Crippen LogP contribution in [0.15, 0.2) is 27.6 Å². The molecule has 0 unspecified atom stereocenters. The molecule has 0 aromatic heterocycles. The van der Waals surface area contributed by atoms with E-state index in [9.17, 15) is 16.8 Å². The average Bonchev–Trinajstić information content (AvgIpc) is 2.37. The first kappa shape index (κ1) is 18.6. The molecule has 0 fully saturated rings. The van der Waals surface area contributed by atoms with E-state index in [-0.39, 0.29) is 17.2 Å². The molecule has 0 aliphatic carbocycles. The van der Waals surface area contributed by atoms with E-state index in [0.717, 1.165) is 16.1 Å². The third kappa shape index (κ3) is 5.33. The van der Waals surface area contributed by atoms with Gasteiger partial charge < -0.3 is 5.32 Å². The largest absolute Gasteiger partial charge is 0.316 e. The highest BCUT2D eigenvalue weighted by Gasteiger charge is 2.24. The number of sulfone groups is 1. The Balaban J connectivity index is 3.09. The number of hydrogen-bond donors (Lipinski definition) is 1. The highest BCUT2D eigenvalue weighted by atomic mass is 79.9. The number of benzene rings is 1. The summed E-state index contributed by atoms with van der Waals surface area (Å²) in [5, 5.41) is 2.95. The minimum atomic E-state index is -3.74. The van der Waals surface area contributed by atoms with Crippen LogP contribution in [-0.2, 0) is 26.4 Å². The fraction of sp³-hybridized carbons (Fsp3) is 0.500. The Morgan fingerprint density at radius 1 is 1.24 bits per heavy atom. The van der Waals surface area contributed by atoms with Gasteiger partial charge in [0.15, 0.2) is 0 Å². The maximum atomic E-state index is 12.5. The molecule has 0 aliphatic rings. The van der Waals surface area contributed by atoms with Crippen molar-refractivity contribution in [3.05, 3.63) is 28.2 Å². The molecule has 1 aromatic carbocycles. The van der Waals surface area contributed by atoms with E-state index >= 15 is 0 Å². The van der Waals surface area contributed by atoms with E-state index < -0.39 is 19.9 Å². The normalized spacial score (nSPS) is 12.8. The van der Waals surface area contributed by atoms with Crippen LogP contribution in [0.3, 0.4) is 0 Å². The Morgan fingerprint density at radius 2 is 1.86 bits per heavy atom. The van der Waals surface area contributed by atoms with Gasteiger partial charge in [0, 0.05) is 30.9 Å². The quantitative estimate of drug-likeness (QED) is 0.735. The minimum Gasteiger partial charge on any atom is -0.316 e. The van der Waals surface area contributed by atoms with E-state index in [4.69, 9.17) is 0 Å². The smallest absolute Gasteiger partial charge is 0.243 e. The van der Waals surface area contributed by atoms with Gasteiger partial charge in [0.2, 0.25) is 10.0 Å². The van der Waals surface area contributed by atoms with E-state index in [1.165, 1.54) is 7.05 Å². The SMILES string of the molecule is CNCc1ccc(Br)c(S(=O)(=O)N(C)CCS(C)(=O)=O)c1. The summed E-state index contributed by atoms with van der Waals surface area (Å²) >= 11 is 3.23. The third-order valence-electron chi connectivity index (χ3n) is 2.84. The molecule has 9 heteroatoms. The molecule has 0 heterocycles. The Hall–Kier alpha value is -0.480. The van der Waals surface area contributed by atoms with Gasteiger partial charge in [-0.15, -0.1) is 0 Å². The second-order valence-electron chi connectivity index (χ2n) is 4.75. The van der Waals surface area contributed by atoms with Crippen molar-refractivity contribution in [3.8, 4) is 0 Å². The zero-order chi connectivity index (χ0) is 16.3. The lowest BCUT2D eigenvalue weighted by Gasteiger charge is -2.18. The summed E-state index contributed by atoms with van der Waals surface area (Å²) in [5.41, 5.74) is 0.829. The monoisotopic (exact) mass is 398 g/mol. The molecule has 6 nitrogen and oxygen atoms in total. The number of hydrogen-bond acceptors (Lipinski definition) is 5. The molecule has 1 rings (SSSR count). The Bertz CT molecular complexity index is 702. The molecular formula is C12H19BrN2O4S2. The van der Waals surface area contributed by atoms with Gasteiger partial charge >= 0.3 is 0 Å². The second kappa shape index (κ2) is 7.19. The van der Waals surface area contributed by atoms with Gasteiger partial charge in [-0.25, -0.2) is 16.8 Å². The Labute approximate surface area is 134 Å². The van der Waals surface area contributed by atoms with Gasteiger partial charge in [0.05, 0.1) is 10.6 Å². The van der Waals surface area contributed by atoms with Gasteiger partial charge in [0.1, 0.15) is 9.84 Å². The number of rotatable bonds is 7. The molecule has 1 N–H and O–H groups in total. The van der Waals surface area contributed by atoms with E-state index in [0.29, 0.717) is 11.0 Å². The molecule has 0 radical (unpaired) electrons. The molecule has 0 aliphatic heterocycles. The zero-order valence-corrected chi connectivity index (χ0v) is 15.3. The molecule has 0 amide bonds. The molecule has 0 bridgehead atoms. The highest BCUT2D eigenvalue weighted by molar-refractivity contribution is 9.10. The summed E-state index contributed by atoms with van der Waals surface area (Å²) in [6, 6.07) is 5.06. The van der Waals surface area contributed by atoms with Crippen molar-refractivity contribution < 1.29 is 16.8 Å². The minimum absolute atomic E-state index is 0.0795. The van der Waals surface area contributed by atoms with Crippen LogP contribution < -0.4 is 5.32 Å². The van der Waals surface area contributed by atoms with Crippen LogP contribution >= 0.6 is 15.9 Å². The molecule has 0 saturated heterocycles. The topological polar surface area (TPSA) is 83.6 Å². The first-order chi connectivity index (χ1) is 9.58. The van der Waals surface area contributed by atoms with Crippen molar-refractivity contribution in [2.45, 2.75) is 11.4 Å². The van der Waals surface area contributed by atoms with Crippen LogP contribution in [-0.4, -0.2) is 53.8 Å². The lowest BCUT2D eigenvalue weighted by atomic mass is 10.2. The molecule has 0 spiro atoms. The molecular weight excluding hydrogens is 380 g/mol. The van der Waals surface area contributed by atoms with Gasteiger partial charge in [-0.1, -0.05) is 6.07 Å². The van der Waals surface area contributed by atoms with Gasteiger partial charge in [-0.3, -0.25) is 0 Å². The molecule has 120 valence electrons. The average molecular weight is 399 g/mol. The molecule has 0 atom stereocenters. The summed E-state index contributed by atoms with van der Waals surface area (Å²) in [6.07, 6.45) is 1.08. The van der Waals surface area contributed by atoms with Crippen molar-refractivity contribution in [2.75, 3.05) is 32.6 Å². The van der Waals surface area contributed by atoms with Gasteiger partial charge in [-0.05, 0) is 40.7 Å². The van der Waals surface area contributed by atoms with Crippen LogP contribution in [0.25, 0.3) is 0 Å². The maximum absolute atomic E-state index is 12.5. The Morgan fingerprint density at radius 3 is 2.38 bits per heavy atom. The van der Waals surface area contributed by atoms with E-state index in [1.807, 2.05) is 6.07 Å². The third-order valence-corrected chi connectivity index (χ3v) is 6.62. The summed E-state index contributed by atoms with van der Waals surface area (Å²) in [6.45, 7) is 0.465. The standard InChI is InChI=1S/C12H19BrN2O4S2/c1-14-9-10-4-5-11(13)12(8-10)21(18,19)15(2)6-7-20(3,16)17/h4-5,8,14H,6-7,9H2,1-3H3. The molecule has 0 saturated carbocycles. The van der Waals surface area contributed by atoms with E-state index in [1.54, 1.807) is 19.2 Å². The predicted molar refractivity (Wildman–Crippen MR) is 86.4 cm³/mol. The van der Waals surface area contributed by atoms with Crippen molar-refractivity contribution in [2.24, 2.45) is 0 Å². The molecule has 1 aromatic rings. The number of nitrogens with one attached hydrogen (secondary N) is 1. The fourth-order valence-electron chi connectivity index (χ4n) is 1.64. The summed E-state index contributed by atoms with van der Waals surface area (Å²) in [7, 11) is -3.81. The maximum Gasteiger partial charge on any atom is 0.243 e. The zero-order valence-electron chi connectivity index (χ0n) is 12.1. The summed E-state index contributed by atoms with van der Waals surface area (Å²) in [4.78, 5) is 0.131. The fourth-order valence-corrected chi connectivity index (χ4v) is 4.51. The van der Waals surface area contributed by atoms with Crippen LogP contribution in [0.4, 0.5) is 0 Å². The van der Waals surface area contributed by atoms with Crippen molar-refractivity contribution in [1.29, 1.82) is 0 Å². The van der Waals surface area contributed by atoms with Crippen molar-refractivity contribution in [1.82, 2.24) is 9.62 Å². The lowest BCUT2D eigenvalue weighted by molar-refractivity contribution is 0.484. The van der Waals surface area contributed by atoms with Crippen LogP contribution in [0.5, 0.6) is 0 Å². The van der Waals surface area contributed by atoms with Crippen molar-refractivity contribution in [3.63, 3.8) is 0 Å². The molecule has 21 heavy (non-hydrogen) atoms. The van der Waals surface area contributed by atoms with Gasteiger partial charge in [-0.2, -0.15) is 4.31 Å². The highest BCUT2D eigenvalue weighted by Crippen LogP contribution is 2.25. The lowest BCUT2D eigenvalue weighted by Crippen LogP contribution is -2.31. The number of nitrogens with zero attached hydrogens (tertiary/aromatic N) is 1. The number of sulfonamides is 1. The Kier molecular flexibility index (Phi) is 6.36. The van der Waals surface area contributed by atoms with Crippen LogP contribution in [0.1, 0.15) is 5.56 Å². The van der Waals surface area contributed by atoms with Crippen molar-refractivity contribution >= 4 is 35.8 Å². The second-order valence-corrected chi connectivity index (χ2v) is 9.88. The summed E-state index contributed by atoms with van der Waals surface area (Å²) < 4.78 is 48.9. The van der Waals surface area contributed by atoms with Gasteiger partial charge in [0.25, 0.3) is 0 Å². The first-order valence-electron chi connectivity index (χ1n) is 6.15. The summed E-state index contributed by atoms with van der Waals surface area (Å²) in [5.74, 6) is -0.212. The van der Waals surface area contributed by atoms with Crippen LogP contribution in [0.2, 0.25) is 0 Å². The van der Waals surface area contributed by atoms with Crippen LogP contribution in [0, 0.1) is 0 Å². The predicted octanol–water partition coefficient (Wildman–Crippen LogP) is 0.834. The first-order valence-corrected chi connectivity index (χ1v) is 10.4. The van der Waals surface area contributed by atoms with E-state index in [2.05, 4.69) is 21.2 Å².